The van der Waals surface area contributed by atoms with Gasteiger partial charge >= 0.3 is 0 Å². The third-order valence-corrected chi connectivity index (χ3v) is 1.97. The zero-order valence-electron chi connectivity index (χ0n) is 5.78. The molecule has 0 aliphatic carbocycles. The Hall–Kier alpha value is -0.350. The van der Waals surface area contributed by atoms with Gasteiger partial charge in [0.1, 0.15) is 4.84 Å². The standard InChI is InChI=1S/C5H5Cl2NO3S/c6-5(7)2-1-3-12(10,11)8-4-9/h1,3,5H,2H2. The molecular formula is C5H5Cl2NO3S. The second-order valence-corrected chi connectivity index (χ2v) is 4.46. The molecule has 0 aromatic rings. The summed E-state index contributed by atoms with van der Waals surface area (Å²) in [4.78, 5) is 8.89. The highest BCUT2D eigenvalue weighted by Gasteiger charge is 2.01. The van der Waals surface area contributed by atoms with E-state index in [1.165, 1.54) is 6.08 Å². The molecule has 0 aliphatic rings. The predicted molar refractivity (Wildman–Crippen MR) is 46.3 cm³/mol. The van der Waals surface area contributed by atoms with Crippen LogP contribution in [0.2, 0.25) is 0 Å². The van der Waals surface area contributed by atoms with Gasteiger partial charge < -0.3 is 0 Å². The summed E-state index contributed by atoms with van der Waals surface area (Å²) in [5.41, 5.74) is 0. The van der Waals surface area contributed by atoms with Gasteiger partial charge in [-0.3, -0.25) is 0 Å². The number of halogens is 2. The van der Waals surface area contributed by atoms with Crippen molar-refractivity contribution in [3.8, 4) is 0 Å². The first-order valence-corrected chi connectivity index (χ1v) is 5.14. The number of isocyanates is 1. The molecule has 0 spiro atoms. The van der Waals surface area contributed by atoms with Gasteiger partial charge in [0.15, 0.2) is 0 Å². The van der Waals surface area contributed by atoms with Gasteiger partial charge in [-0.05, 0) is 6.42 Å². The van der Waals surface area contributed by atoms with E-state index < -0.39 is 14.9 Å². The highest BCUT2D eigenvalue weighted by molar-refractivity contribution is 7.93. The van der Waals surface area contributed by atoms with Crippen molar-refractivity contribution in [3.05, 3.63) is 11.5 Å². The van der Waals surface area contributed by atoms with Crippen LogP contribution in [0.3, 0.4) is 0 Å². The molecule has 0 N–H and O–H groups in total. The van der Waals surface area contributed by atoms with Crippen LogP contribution < -0.4 is 0 Å². The third-order valence-electron chi connectivity index (χ3n) is 0.747. The molecule has 0 radical (unpaired) electrons. The molecule has 0 unspecified atom stereocenters. The average Bonchev–Trinajstić information content (AvgIpc) is 1.85. The van der Waals surface area contributed by atoms with Gasteiger partial charge in [-0.15, -0.1) is 23.2 Å². The van der Waals surface area contributed by atoms with Gasteiger partial charge in [-0.2, -0.15) is 8.42 Å². The molecule has 0 saturated heterocycles. The molecule has 0 aromatic carbocycles. The van der Waals surface area contributed by atoms with E-state index in [2.05, 4.69) is 4.40 Å². The van der Waals surface area contributed by atoms with Crippen LogP contribution in [-0.2, 0) is 14.8 Å². The second-order valence-electron chi connectivity index (χ2n) is 1.70. The summed E-state index contributed by atoms with van der Waals surface area (Å²) < 4.78 is 23.8. The molecule has 0 fully saturated rings. The molecule has 68 valence electrons. The quantitative estimate of drug-likeness (QED) is 0.416. The highest BCUT2D eigenvalue weighted by Crippen LogP contribution is 2.08. The van der Waals surface area contributed by atoms with Crippen molar-refractivity contribution in [2.75, 3.05) is 0 Å². The van der Waals surface area contributed by atoms with Gasteiger partial charge in [-0.25, -0.2) is 4.79 Å². The van der Waals surface area contributed by atoms with E-state index in [-0.39, 0.29) is 6.42 Å². The highest BCUT2D eigenvalue weighted by atomic mass is 35.5. The molecule has 0 rings (SSSR count). The average molecular weight is 230 g/mol. The maximum absolute atomic E-state index is 10.6. The molecular weight excluding hydrogens is 225 g/mol. The summed E-state index contributed by atoms with van der Waals surface area (Å²) in [5.74, 6) is 0. The van der Waals surface area contributed by atoms with Crippen molar-refractivity contribution in [2.24, 2.45) is 4.40 Å². The molecule has 4 nitrogen and oxygen atoms in total. The fourth-order valence-electron chi connectivity index (χ4n) is 0.362. The Kier molecular flexibility index (Phi) is 5.17. The van der Waals surface area contributed by atoms with Crippen LogP contribution in [0.15, 0.2) is 15.9 Å². The summed E-state index contributed by atoms with van der Waals surface area (Å²) in [6.45, 7) is 0. The number of hydrogen-bond acceptors (Lipinski definition) is 3. The van der Waals surface area contributed by atoms with Crippen LogP contribution in [0.4, 0.5) is 0 Å². The minimum Gasteiger partial charge on any atom is -0.210 e. The van der Waals surface area contributed by atoms with Crippen molar-refractivity contribution in [2.45, 2.75) is 11.3 Å². The Labute approximate surface area is 79.9 Å². The summed E-state index contributed by atoms with van der Waals surface area (Å²) in [7, 11) is -3.82. The number of carbonyl (C=O) groups excluding carboxylic acids is 1. The fourth-order valence-corrected chi connectivity index (χ4v) is 1.09. The maximum Gasteiger partial charge on any atom is 0.285 e. The van der Waals surface area contributed by atoms with Gasteiger partial charge in [-0.1, -0.05) is 10.5 Å². The van der Waals surface area contributed by atoms with Crippen molar-refractivity contribution in [3.63, 3.8) is 0 Å². The van der Waals surface area contributed by atoms with E-state index in [9.17, 15) is 13.2 Å². The SMILES string of the molecule is O=C=NS(=O)(=O)C=CCC(Cl)Cl. The van der Waals surface area contributed by atoms with Gasteiger partial charge in [0.05, 0.1) is 0 Å². The van der Waals surface area contributed by atoms with Gasteiger partial charge in [0.25, 0.3) is 16.1 Å². The molecule has 0 heterocycles. The smallest absolute Gasteiger partial charge is 0.210 e. The second kappa shape index (κ2) is 5.32. The Morgan fingerprint density at radius 3 is 2.50 bits per heavy atom. The third kappa shape index (κ3) is 6.37. The lowest BCUT2D eigenvalue weighted by Gasteiger charge is -1.90. The number of hydrogen-bond donors (Lipinski definition) is 0. The molecule has 0 saturated carbocycles. The minimum atomic E-state index is -3.82. The largest absolute Gasteiger partial charge is 0.285 e. The Morgan fingerprint density at radius 1 is 1.50 bits per heavy atom. The Bertz CT molecular complexity index is 303. The first-order valence-electron chi connectivity index (χ1n) is 2.77. The zero-order valence-corrected chi connectivity index (χ0v) is 8.10. The Balaban J connectivity index is 4.26. The first-order chi connectivity index (χ1) is 5.48. The van der Waals surface area contributed by atoms with E-state index >= 15 is 0 Å². The van der Waals surface area contributed by atoms with Gasteiger partial charge in [0.2, 0.25) is 0 Å². The van der Waals surface area contributed by atoms with E-state index in [4.69, 9.17) is 23.2 Å². The van der Waals surface area contributed by atoms with Crippen molar-refractivity contribution in [1.82, 2.24) is 0 Å². The van der Waals surface area contributed by atoms with Crippen LogP contribution in [-0.4, -0.2) is 19.3 Å². The lowest BCUT2D eigenvalue weighted by molar-refractivity contribution is 0.564. The first kappa shape index (κ1) is 11.6. The van der Waals surface area contributed by atoms with Gasteiger partial charge in [0, 0.05) is 5.41 Å². The normalized spacial score (nSPS) is 11.9. The summed E-state index contributed by atoms with van der Waals surface area (Å²) in [6.07, 6.45) is 2.30. The van der Waals surface area contributed by atoms with Crippen molar-refractivity contribution >= 4 is 39.3 Å². The molecule has 12 heavy (non-hydrogen) atoms. The molecule has 0 atom stereocenters. The molecule has 0 aliphatic heterocycles. The molecule has 0 bridgehead atoms. The van der Waals surface area contributed by atoms with E-state index in [1.807, 2.05) is 0 Å². The summed E-state index contributed by atoms with van der Waals surface area (Å²) in [6, 6.07) is 0. The van der Waals surface area contributed by atoms with E-state index in [0.717, 1.165) is 11.5 Å². The number of sulfonamides is 1. The number of rotatable bonds is 4. The topological polar surface area (TPSA) is 63.6 Å². The summed E-state index contributed by atoms with van der Waals surface area (Å²) in [5, 5.41) is 0.746. The zero-order chi connectivity index (χ0) is 9.61. The lowest BCUT2D eigenvalue weighted by atomic mass is 10.5. The maximum atomic E-state index is 10.6. The molecule has 0 amide bonds. The Morgan fingerprint density at radius 2 is 2.08 bits per heavy atom. The lowest BCUT2D eigenvalue weighted by Crippen LogP contribution is -1.89. The number of allylic oxidation sites excluding steroid dienone is 1. The van der Waals surface area contributed by atoms with Crippen LogP contribution in [0.1, 0.15) is 6.42 Å². The van der Waals surface area contributed by atoms with Crippen LogP contribution in [0.5, 0.6) is 0 Å². The fraction of sp³-hybridized carbons (Fsp3) is 0.400. The number of nitrogens with zero attached hydrogens (tertiary/aromatic N) is 1. The monoisotopic (exact) mass is 229 g/mol. The van der Waals surface area contributed by atoms with Crippen LogP contribution >= 0.6 is 23.2 Å². The molecule has 0 aromatic heterocycles. The predicted octanol–water partition coefficient (Wildman–Crippen LogP) is 1.36. The summed E-state index contributed by atoms with van der Waals surface area (Å²) >= 11 is 10.6. The number of alkyl halides is 2. The van der Waals surface area contributed by atoms with Crippen molar-refractivity contribution in [1.29, 1.82) is 0 Å². The minimum absolute atomic E-state index is 0.177. The van der Waals surface area contributed by atoms with E-state index in [1.54, 1.807) is 0 Å². The van der Waals surface area contributed by atoms with Crippen molar-refractivity contribution < 1.29 is 13.2 Å². The van der Waals surface area contributed by atoms with Crippen LogP contribution in [0, 0.1) is 0 Å². The molecule has 7 heteroatoms. The van der Waals surface area contributed by atoms with Crippen LogP contribution in [0.25, 0.3) is 0 Å². The van der Waals surface area contributed by atoms with E-state index in [0.29, 0.717) is 0 Å².